The van der Waals surface area contributed by atoms with Crippen molar-refractivity contribution in [2.24, 2.45) is 0 Å². The molecule has 0 aromatic rings. The minimum atomic E-state index is -0.806. The predicted molar refractivity (Wildman–Crippen MR) is 45.8 cm³/mol. The van der Waals surface area contributed by atoms with Crippen LogP contribution in [-0.4, -0.2) is 33.5 Å². The first-order valence-corrected chi connectivity index (χ1v) is 4.06. The fraction of sp³-hybridized carbons (Fsp3) is 1.00. The average molecular weight is 206 g/mol. The predicted octanol–water partition coefficient (Wildman–Crippen LogP) is 3.24. The highest BCUT2D eigenvalue weighted by molar-refractivity contribution is 4.27. The largest absolute Gasteiger partial charge is 0.350 e. The van der Waals surface area contributed by atoms with E-state index in [9.17, 15) is 17.6 Å². The van der Waals surface area contributed by atoms with Gasteiger partial charge in [-0.05, 0) is 20.3 Å². The fourth-order valence-corrected chi connectivity index (χ4v) is 0.211. The molecular formula is C8H18F4O. The molecule has 0 aromatic carbocycles. The van der Waals surface area contributed by atoms with E-state index in [2.05, 4.69) is 4.74 Å². The molecule has 13 heavy (non-hydrogen) atoms. The van der Waals surface area contributed by atoms with Crippen LogP contribution in [0.3, 0.4) is 0 Å². The molecule has 0 aliphatic carbocycles. The summed E-state index contributed by atoms with van der Waals surface area (Å²) >= 11 is 0. The molecule has 0 aromatic heterocycles. The van der Waals surface area contributed by atoms with Crippen molar-refractivity contribution in [3.05, 3.63) is 0 Å². The maximum Gasteiger partial charge on any atom is 0.188 e. The normalized spacial score (nSPS) is 7.85. The number of hydrogen-bond donors (Lipinski definition) is 0. The van der Waals surface area contributed by atoms with Gasteiger partial charge in [-0.3, -0.25) is 13.2 Å². The van der Waals surface area contributed by atoms with Crippen LogP contribution in [0.2, 0.25) is 0 Å². The molecule has 1 nitrogen and oxygen atoms in total. The summed E-state index contributed by atoms with van der Waals surface area (Å²) in [7, 11) is 0. The third-order valence-electron chi connectivity index (χ3n) is 0.499. The highest BCUT2D eigenvalue weighted by atomic mass is 19.1. The van der Waals surface area contributed by atoms with Crippen molar-refractivity contribution in [1.29, 1.82) is 0 Å². The van der Waals surface area contributed by atoms with Crippen molar-refractivity contribution in [2.75, 3.05) is 33.5 Å². The molecule has 0 aliphatic rings. The number of alkyl halides is 4. The first kappa shape index (κ1) is 18.5. The number of ether oxygens (including phenoxy) is 1. The Morgan fingerprint density at radius 3 is 1.54 bits per heavy atom. The Balaban J connectivity index is -0.000000140. The lowest BCUT2D eigenvalue weighted by molar-refractivity contribution is 0.0538. The Hall–Kier alpha value is -0.320. The summed E-state index contributed by atoms with van der Waals surface area (Å²) in [6.07, 6.45) is 0.296. The Bertz CT molecular complexity index is 49.4. The van der Waals surface area contributed by atoms with E-state index < -0.39 is 13.5 Å². The summed E-state index contributed by atoms with van der Waals surface area (Å²) in [5.74, 6) is 0. The fourth-order valence-electron chi connectivity index (χ4n) is 0.211. The van der Waals surface area contributed by atoms with Crippen molar-refractivity contribution in [1.82, 2.24) is 0 Å². The van der Waals surface area contributed by atoms with E-state index in [0.717, 1.165) is 0 Å². The van der Waals surface area contributed by atoms with Gasteiger partial charge in [0.2, 0.25) is 0 Å². The summed E-state index contributed by atoms with van der Waals surface area (Å²) < 4.78 is 46.8. The Morgan fingerprint density at radius 1 is 0.923 bits per heavy atom. The lowest BCUT2D eigenvalue weighted by Crippen LogP contribution is -1.92. The SMILES string of the molecule is CCF.CCF.FCCCOCF. The quantitative estimate of drug-likeness (QED) is 0.507. The van der Waals surface area contributed by atoms with E-state index in [1.54, 1.807) is 0 Å². The molecule has 5 heteroatoms. The standard InChI is InChI=1S/C4H8F2O.2C2H5F/c5-2-1-3-7-4-6;2*1-2-3/h1-4H2;2*2H2,1H3. The molecule has 0 bridgehead atoms. The molecule has 0 N–H and O–H groups in total. The highest BCUT2D eigenvalue weighted by Gasteiger charge is 1.82. The van der Waals surface area contributed by atoms with Crippen LogP contribution in [0.25, 0.3) is 0 Å². The van der Waals surface area contributed by atoms with Crippen LogP contribution in [-0.2, 0) is 4.74 Å². The van der Waals surface area contributed by atoms with Crippen molar-refractivity contribution >= 4 is 0 Å². The third-order valence-corrected chi connectivity index (χ3v) is 0.499. The maximum absolute atomic E-state index is 11.1. The van der Waals surface area contributed by atoms with Crippen LogP contribution >= 0.6 is 0 Å². The zero-order valence-electron chi connectivity index (χ0n) is 8.16. The van der Waals surface area contributed by atoms with Gasteiger partial charge < -0.3 is 4.74 Å². The smallest absolute Gasteiger partial charge is 0.188 e. The molecule has 84 valence electrons. The van der Waals surface area contributed by atoms with Crippen LogP contribution in [0, 0.1) is 0 Å². The first-order chi connectivity index (χ1) is 6.24. The van der Waals surface area contributed by atoms with Gasteiger partial charge in [-0.15, -0.1) is 0 Å². The van der Waals surface area contributed by atoms with E-state index in [1.165, 1.54) is 13.8 Å². The van der Waals surface area contributed by atoms with Crippen molar-refractivity contribution < 1.29 is 22.3 Å². The molecule has 0 fully saturated rings. The van der Waals surface area contributed by atoms with E-state index >= 15 is 0 Å². The van der Waals surface area contributed by atoms with Crippen LogP contribution in [0.4, 0.5) is 17.6 Å². The van der Waals surface area contributed by atoms with Crippen LogP contribution in [0.5, 0.6) is 0 Å². The van der Waals surface area contributed by atoms with Gasteiger partial charge in [-0.2, -0.15) is 0 Å². The van der Waals surface area contributed by atoms with Crippen molar-refractivity contribution in [3.63, 3.8) is 0 Å². The Labute approximate surface area is 77.1 Å². The van der Waals surface area contributed by atoms with Crippen molar-refractivity contribution in [2.45, 2.75) is 20.3 Å². The number of hydrogen-bond acceptors (Lipinski definition) is 1. The van der Waals surface area contributed by atoms with Gasteiger partial charge >= 0.3 is 0 Å². The van der Waals surface area contributed by atoms with Crippen molar-refractivity contribution in [3.8, 4) is 0 Å². The Kier molecular flexibility index (Phi) is 42.4. The molecule has 0 heterocycles. The summed E-state index contributed by atoms with van der Waals surface area (Å²) in [6, 6.07) is 0. The molecular weight excluding hydrogens is 188 g/mol. The number of halogens is 4. The summed E-state index contributed by atoms with van der Waals surface area (Å²) in [6.45, 7) is 1.37. The molecule has 0 saturated heterocycles. The van der Waals surface area contributed by atoms with E-state index in [4.69, 9.17) is 0 Å². The van der Waals surface area contributed by atoms with E-state index in [0.29, 0.717) is 6.42 Å². The molecule has 0 radical (unpaired) electrons. The summed E-state index contributed by atoms with van der Waals surface area (Å²) in [5.41, 5.74) is 0. The molecule has 0 atom stereocenters. The maximum atomic E-state index is 11.1. The van der Waals surface area contributed by atoms with Crippen LogP contribution in [0.1, 0.15) is 20.3 Å². The number of rotatable bonds is 4. The van der Waals surface area contributed by atoms with Gasteiger partial charge in [-0.25, -0.2) is 4.39 Å². The zero-order chi connectivity index (χ0) is 10.9. The third kappa shape index (κ3) is 80.8. The second-order valence-electron chi connectivity index (χ2n) is 1.59. The monoisotopic (exact) mass is 206 g/mol. The minimum absolute atomic E-state index is 0.188. The van der Waals surface area contributed by atoms with Gasteiger partial charge in [0, 0.05) is 0 Å². The lowest BCUT2D eigenvalue weighted by atomic mass is 10.5. The topological polar surface area (TPSA) is 9.23 Å². The molecule has 0 rings (SSSR count). The van der Waals surface area contributed by atoms with E-state index in [1.807, 2.05) is 0 Å². The molecule has 0 saturated carbocycles. The molecule has 0 amide bonds. The zero-order valence-corrected chi connectivity index (χ0v) is 8.16. The highest BCUT2D eigenvalue weighted by Crippen LogP contribution is 1.82. The lowest BCUT2D eigenvalue weighted by Gasteiger charge is -1.91. The minimum Gasteiger partial charge on any atom is -0.350 e. The van der Waals surface area contributed by atoms with E-state index in [-0.39, 0.29) is 20.0 Å². The van der Waals surface area contributed by atoms with Gasteiger partial charge in [0.15, 0.2) is 6.86 Å². The molecule has 0 aliphatic heterocycles. The first-order valence-electron chi connectivity index (χ1n) is 4.06. The van der Waals surface area contributed by atoms with Gasteiger partial charge in [0.05, 0.1) is 26.6 Å². The van der Waals surface area contributed by atoms with Gasteiger partial charge in [0.1, 0.15) is 0 Å². The summed E-state index contributed by atoms with van der Waals surface area (Å²) in [4.78, 5) is 0. The molecule has 0 unspecified atom stereocenters. The van der Waals surface area contributed by atoms with Gasteiger partial charge in [0.25, 0.3) is 0 Å². The molecule has 0 spiro atoms. The second-order valence-corrected chi connectivity index (χ2v) is 1.59. The Morgan fingerprint density at radius 2 is 1.31 bits per heavy atom. The summed E-state index contributed by atoms with van der Waals surface area (Å²) in [5, 5.41) is 0. The van der Waals surface area contributed by atoms with Crippen LogP contribution < -0.4 is 0 Å². The average Bonchev–Trinajstić information content (AvgIpc) is 2.08. The van der Waals surface area contributed by atoms with Crippen LogP contribution in [0.15, 0.2) is 0 Å². The second kappa shape index (κ2) is 29.9. The van der Waals surface area contributed by atoms with Gasteiger partial charge in [-0.1, -0.05) is 0 Å².